The molecule has 3 aromatic carbocycles. The van der Waals surface area contributed by atoms with Crippen LogP contribution in [0, 0.1) is 24.0 Å². The molecule has 2 heterocycles. The fourth-order valence-corrected chi connectivity index (χ4v) is 4.71. The van der Waals surface area contributed by atoms with Crippen LogP contribution in [0.3, 0.4) is 0 Å². The van der Waals surface area contributed by atoms with Gasteiger partial charge in [0.25, 0.3) is 11.2 Å². The topological polar surface area (TPSA) is 95.3 Å². The first kappa shape index (κ1) is 20.9. The molecule has 0 fully saturated rings. The summed E-state index contributed by atoms with van der Waals surface area (Å²) in [6.45, 7) is 3.95. The zero-order valence-corrected chi connectivity index (χ0v) is 18.7. The van der Waals surface area contributed by atoms with Crippen LogP contribution in [-0.2, 0) is 5.75 Å². The molecule has 164 valence electrons. The van der Waals surface area contributed by atoms with Gasteiger partial charge in [-0.3, -0.25) is 19.3 Å². The summed E-state index contributed by atoms with van der Waals surface area (Å²) in [6, 6.07) is 19.9. The van der Waals surface area contributed by atoms with E-state index in [1.165, 1.54) is 23.9 Å². The van der Waals surface area contributed by atoms with Crippen LogP contribution in [0.15, 0.2) is 76.7 Å². The standard InChI is InChI=1S/C24H19N5O3S/c1-15-7-8-16(2)21(13-15)27-22(30)19-5-3-4-6-20(19)28-23(27)25-26-24(28)33-14-17-9-11-18(12-10-17)29(31)32/h3-13H,14H2,1-2H3. The number of thioether (sulfide) groups is 1. The van der Waals surface area contributed by atoms with E-state index in [2.05, 4.69) is 10.2 Å². The van der Waals surface area contributed by atoms with Crippen LogP contribution >= 0.6 is 11.8 Å². The van der Waals surface area contributed by atoms with E-state index >= 15 is 0 Å². The summed E-state index contributed by atoms with van der Waals surface area (Å²) in [5.41, 5.74) is 4.34. The van der Waals surface area contributed by atoms with E-state index in [0.717, 1.165) is 27.9 Å². The fourth-order valence-electron chi connectivity index (χ4n) is 3.81. The number of nitro groups is 1. The Kier molecular flexibility index (Phi) is 5.18. The van der Waals surface area contributed by atoms with Gasteiger partial charge < -0.3 is 0 Å². The van der Waals surface area contributed by atoms with Crippen molar-refractivity contribution in [2.75, 3.05) is 0 Å². The molecule has 2 aromatic heterocycles. The van der Waals surface area contributed by atoms with Crippen LogP contribution in [0.1, 0.15) is 16.7 Å². The monoisotopic (exact) mass is 457 g/mol. The third-order valence-corrected chi connectivity index (χ3v) is 6.52. The van der Waals surface area contributed by atoms with Crippen LogP contribution in [0.25, 0.3) is 22.4 Å². The van der Waals surface area contributed by atoms with Gasteiger partial charge in [0, 0.05) is 17.9 Å². The molecule has 9 heteroatoms. The van der Waals surface area contributed by atoms with Gasteiger partial charge in [0.15, 0.2) is 5.16 Å². The first-order valence-electron chi connectivity index (χ1n) is 10.3. The number of benzene rings is 3. The normalized spacial score (nSPS) is 11.3. The summed E-state index contributed by atoms with van der Waals surface area (Å²) >= 11 is 1.46. The molecule has 8 nitrogen and oxygen atoms in total. The predicted molar refractivity (Wildman–Crippen MR) is 128 cm³/mol. The van der Waals surface area contributed by atoms with Crippen LogP contribution < -0.4 is 5.56 Å². The Morgan fingerprint density at radius 1 is 1.00 bits per heavy atom. The summed E-state index contributed by atoms with van der Waals surface area (Å²) in [4.78, 5) is 24.0. The zero-order chi connectivity index (χ0) is 23.1. The number of hydrogen-bond donors (Lipinski definition) is 0. The third-order valence-electron chi connectivity index (χ3n) is 5.52. The molecule has 0 aliphatic rings. The molecule has 0 amide bonds. The molecule has 0 aliphatic carbocycles. The van der Waals surface area contributed by atoms with Gasteiger partial charge in [-0.15, -0.1) is 10.2 Å². The second-order valence-corrected chi connectivity index (χ2v) is 8.72. The Bertz CT molecular complexity index is 1590. The van der Waals surface area contributed by atoms with E-state index < -0.39 is 4.92 Å². The molecule has 33 heavy (non-hydrogen) atoms. The van der Waals surface area contributed by atoms with E-state index in [4.69, 9.17) is 0 Å². The van der Waals surface area contributed by atoms with E-state index in [9.17, 15) is 14.9 Å². The highest BCUT2D eigenvalue weighted by Gasteiger charge is 2.19. The maximum atomic E-state index is 13.5. The average molecular weight is 458 g/mol. The lowest BCUT2D eigenvalue weighted by Crippen LogP contribution is -2.22. The number of nitro benzene ring substituents is 1. The minimum atomic E-state index is -0.415. The summed E-state index contributed by atoms with van der Waals surface area (Å²) in [5, 5.41) is 20.9. The van der Waals surface area contributed by atoms with E-state index in [1.54, 1.807) is 16.7 Å². The molecule has 0 N–H and O–H groups in total. The lowest BCUT2D eigenvalue weighted by atomic mass is 10.1. The van der Waals surface area contributed by atoms with Gasteiger partial charge in [-0.2, -0.15) is 0 Å². The highest BCUT2D eigenvalue weighted by Crippen LogP contribution is 2.27. The number of para-hydroxylation sites is 1. The maximum absolute atomic E-state index is 13.5. The minimum absolute atomic E-state index is 0.0558. The Labute approximate surface area is 192 Å². The smallest absolute Gasteiger partial charge is 0.268 e. The van der Waals surface area contributed by atoms with Crippen molar-refractivity contribution >= 4 is 34.1 Å². The number of hydrogen-bond acceptors (Lipinski definition) is 6. The Morgan fingerprint density at radius 3 is 2.52 bits per heavy atom. The highest BCUT2D eigenvalue weighted by molar-refractivity contribution is 7.98. The molecule has 0 radical (unpaired) electrons. The van der Waals surface area contributed by atoms with Gasteiger partial charge >= 0.3 is 0 Å². The minimum Gasteiger partial charge on any atom is -0.268 e. The van der Waals surface area contributed by atoms with Crippen LogP contribution in [0.4, 0.5) is 5.69 Å². The molecular weight excluding hydrogens is 438 g/mol. The number of non-ortho nitro benzene ring substituents is 1. The van der Waals surface area contributed by atoms with Gasteiger partial charge in [0.05, 0.1) is 21.5 Å². The quantitative estimate of drug-likeness (QED) is 0.213. The predicted octanol–water partition coefficient (Wildman–Crippen LogP) is 4.85. The molecule has 5 aromatic rings. The summed E-state index contributed by atoms with van der Waals surface area (Å²) in [7, 11) is 0. The van der Waals surface area contributed by atoms with E-state index in [-0.39, 0.29) is 11.2 Å². The van der Waals surface area contributed by atoms with E-state index in [0.29, 0.717) is 22.1 Å². The van der Waals surface area contributed by atoms with Crippen LogP contribution in [0.5, 0.6) is 0 Å². The first-order valence-corrected chi connectivity index (χ1v) is 11.3. The maximum Gasteiger partial charge on any atom is 0.269 e. The van der Waals surface area contributed by atoms with Gasteiger partial charge in [-0.1, -0.05) is 48.2 Å². The highest BCUT2D eigenvalue weighted by atomic mass is 32.2. The van der Waals surface area contributed by atoms with Crippen molar-refractivity contribution in [2.24, 2.45) is 0 Å². The van der Waals surface area contributed by atoms with E-state index in [1.807, 2.05) is 60.7 Å². The van der Waals surface area contributed by atoms with Gasteiger partial charge in [-0.25, -0.2) is 4.57 Å². The molecule has 0 saturated carbocycles. The Balaban J connectivity index is 1.66. The van der Waals surface area contributed by atoms with Crippen molar-refractivity contribution < 1.29 is 4.92 Å². The lowest BCUT2D eigenvalue weighted by molar-refractivity contribution is -0.384. The van der Waals surface area contributed by atoms with Gasteiger partial charge in [0.2, 0.25) is 5.78 Å². The molecule has 0 unspecified atom stereocenters. The van der Waals surface area contributed by atoms with Crippen molar-refractivity contribution in [1.82, 2.24) is 19.2 Å². The van der Waals surface area contributed by atoms with Crippen LogP contribution in [0.2, 0.25) is 0 Å². The first-order chi connectivity index (χ1) is 15.9. The lowest BCUT2D eigenvalue weighted by Gasteiger charge is -2.14. The molecule has 5 rings (SSSR count). The van der Waals surface area contributed by atoms with Gasteiger partial charge in [0.1, 0.15) is 0 Å². The Morgan fingerprint density at radius 2 is 1.76 bits per heavy atom. The Hall–Kier alpha value is -3.98. The summed E-state index contributed by atoms with van der Waals surface area (Å²) < 4.78 is 3.52. The molecular formula is C24H19N5O3S. The number of nitrogens with zero attached hydrogens (tertiary/aromatic N) is 5. The van der Waals surface area contributed by atoms with Crippen molar-refractivity contribution in [3.05, 3.63) is 104 Å². The van der Waals surface area contributed by atoms with Crippen molar-refractivity contribution in [1.29, 1.82) is 0 Å². The third kappa shape index (κ3) is 3.66. The SMILES string of the molecule is Cc1ccc(C)c(-n2c(=O)c3ccccc3n3c(SCc4ccc([N+](=O)[O-])cc4)nnc23)c1. The van der Waals surface area contributed by atoms with Crippen molar-refractivity contribution in [2.45, 2.75) is 24.8 Å². The number of aryl methyl sites for hydroxylation is 2. The molecule has 0 atom stereocenters. The van der Waals surface area contributed by atoms with Crippen LogP contribution in [-0.4, -0.2) is 24.1 Å². The summed E-state index contributed by atoms with van der Waals surface area (Å²) in [6.07, 6.45) is 0. The zero-order valence-electron chi connectivity index (χ0n) is 17.9. The fraction of sp³-hybridized carbons (Fsp3) is 0.125. The second kappa shape index (κ2) is 8.18. The molecule has 0 bridgehead atoms. The molecule has 0 spiro atoms. The number of fused-ring (bicyclic) bond motifs is 3. The van der Waals surface area contributed by atoms with Crippen molar-refractivity contribution in [3.63, 3.8) is 0 Å². The number of rotatable bonds is 5. The summed E-state index contributed by atoms with van der Waals surface area (Å²) in [5.74, 6) is 0.994. The number of aromatic nitrogens is 4. The molecule has 0 saturated heterocycles. The average Bonchev–Trinajstić information content (AvgIpc) is 3.24. The second-order valence-electron chi connectivity index (χ2n) is 7.78. The van der Waals surface area contributed by atoms with Gasteiger partial charge in [-0.05, 0) is 48.7 Å². The largest absolute Gasteiger partial charge is 0.269 e. The van der Waals surface area contributed by atoms with Crippen molar-refractivity contribution in [3.8, 4) is 5.69 Å². The molecule has 0 aliphatic heterocycles.